The predicted molar refractivity (Wildman–Crippen MR) is 130 cm³/mol. The number of carbonyl (C=O) groups excluding carboxylic acids is 2. The summed E-state index contributed by atoms with van der Waals surface area (Å²) >= 11 is 1.41. The monoisotopic (exact) mass is 495 g/mol. The van der Waals surface area contributed by atoms with Crippen molar-refractivity contribution in [3.63, 3.8) is 0 Å². The standard InChI is InChI=1S/C24H22FN5O4S/c25-16-3-1-13-2-6-20(32)30-10-14(21(16)22(13)30)9-26-8-7-15-11-29(24(33)34-15)18-5-4-17-23(27-18)28-19(31)12-35-17/h1-6,14-15,26H,7-12H2,(H,27,28,31)/t14?,15-/m1/s1. The van der Waals surface area contributed by atoms with Gasteiger partial charge in [-0.15, -0.1) is 11.8 Å². The number of hydrogen-bond donors (Lipinski definition) is 2. The maximum Gasteiger partial charge on any atom is 0.415 e. The van der Waals surface area contributed by atoms with Crippen LogP contribution in [0.3, 0.4) is 0 Å². The average molecular weight is 496 g/mol. The maximum atomic E-state index is 14.6. The van der Waals surface area contributed by atoms with Crippen molar-refractivity contribution in [2.45, 2.75) is 29.9 Å². The first-order chi connectivity index (χ1) is 17.0. The second kappa shape index (κ2) is 8.65. The summed E-state index contributed by atoms with van der Waals surface area (Å²) in [4.78, 5) is 43.1. The third kappa shape index (κ3) is 3.94. The smallest absolute Gasteiger partial charge is 0.415 e. The van der Waals surface area contributed by atoms with E-state index < -0.39 is 6.09 Å². The highest BCUT2D eigenvalue weighted by molar-refractivity contribution is 8.00. The van der Waals surface area contributed by atoms with Gasteiger partial charge in [-0.25, -0.2) is 14.2 Å². The van der Waals surface area contributed by atoms with Gasteiger partial charge in [-0.1, -0.05) is 0 Å². The van der Waals surface area contributed by atoms with E-state index in [9.17, 15) is 18.8 Å². The zero-order chi connectivity index (χ0) is 24.1. The van der Waals surface area contributed by atoms with E-state index in [1.807, 2.05) is 6.07 Å². The van der Waals surface area contributed by atoms with E-state index in [-0.39, 0.29) is 29.3 Å². The Hall–Kier alpha value is -3.44. The van der Waals surface area contributed by atoms with Crippen molar-refractivity contribution in [2.75, 3.05) is 35.6 Å². The number of anilines is 2. The molecule has 2 amide bonds. The molecule has 1 fully saturated rings. The lowest BCUT2D eigenvalue weighted by molar-refractivity contribution is -0.113. The molecular formula is C24H22FN5O4S. The van der Waals surface area contributed by atoms with Crippen LogP contribution in [0.2, 0.25) is 0 Å². The number of aromatic nitrogens is 2. The van der Waals surface area contributed by atoms with Crippen LogP contribution in [-0.2, 0) is 16.1 Å². The van der Waals surface area contributed by atoms with Gasteiger partial charge in [-0.05, 0) is 48.7 Å². The molecule has 0 bridgehead atoms. The van der Waals surface area contributed by atoms with Crippen molar-refractivity contribution in [1.82, 2.24) is 14.9 Å². The molecule has 6 rings (SSSR count). The Kier molecular flexibility index (Phi) is 5.45. The van der Waals surface area contributed by atoms with Crippen LogP contribution in [-0.4, -0.2) is 53.0 Å². The molecule has 3 aliphatic heterocycles. The molecule has 2 aromatic heterocycles. The number of hydrogen-bond acceptors (Lipinski definition) is 7. The van der Waals surface area contributed by atoms with Crippen molar-refractivity contribution in [3.05, 3.63) is 58.1 Å². The minimum Gasteiger partial charge on any atom is -0.444 e. The molecular weight excluding hydrogens is 473 g/mol. The van der Waals surface area contributed by atoms with E-state index >= 15 is 0 Å². The van der Waals surface area contributed by atoms with Gasteiger partial charge < -0.3 is 19.9 Å². The highest BCUT2D eigenvalue weighted by Gasteiger charge is 2.34. The molecule has 9 nitrogen and oxygen atoms in total. The van der Waals surface area contributed by atoms with Gasteiger partial charge in [0, 0.05) is 30.6 Å². The number of fused-ring (bicyclic) bond motifs is 1. The number of pyridine rings is 2. The normalized spacial score (nSPS) is 20.8. The van der Waals surface area contributed by atoms with E-state index in [0.717, 1.165) is 10.3 Å². The Morgan fingerprint density at radius 1 is 1.14 bits per heavy atom. The Bertz CT molecular complexity index is 1430. The quantitative estimate of drug-likeness (QED) is 0.507. The van der Waals surface area contributed by atoms with E-state index in [2.05, 4.69) is 15.6 Å². The average Bonchev–Trinajstić information content (AvgIpc) is 3.42. The zero-order valence-electron chi connectivity index (χ0n) is 18.6. The molecule has 180 valence electrons. The number of nitrogens with zero attached hydrogens (tertiary/aromatic N) is 3. The van der Waals surface area contributed by atoms with Gasteiger partial charge in [-0.2, -0.15) is 0 Å². The van der Waals surface area contributed by atoms with Crippen LogP contribution in [0.4, 0.5) is 20.8 Å². The first kappa shape index (κ1) is 22.1. The topological polar surface area (TPSA) is 106 Å². The van der Waals surface area contributed by atoms with Crippen LogP contribution in [0.15, 0.2) is 46.1 Å². The molecule has 3 aliphatic rings. The van der Waals surface area contributed by atoms with Gasteiger partial charge in [0.25, 0.3) is 5.56 Å². The lowest BCUT2D eigenvalue weighted by Crippen LogP contribution is -2.29. The molecule has 5 heterocycles. The molecule has 35 heavy (non-hydrogen) atoms. The van der Waals surface area contributed by atoms with Crippen LogP contribution in [0, 0.1) is 5.82 Å². The first-order valence-corrected chi connectivity index (χ1v) is 12.4. The summed E-state index contributed by atoms with van der Waals surface area (Å²) in [7, 11) is 0. The Morgan fingerprint density at radius 2 is 2.00 bits per heavy atom. The molecule has 11 heteroatoms. The Balaban J connectivity index is 1.06. The molecule has 2 atom stereocenters. The van der Waals surface area contributed by atoms with Crippen LogP contribution in [0.25, 0.3) is 10.9 Å². The number of nitrogens with one attached hydrogen (secondary N) is 2. The fraction of sp³-hybridized carbons (Fsp3) is 0.333. The minimum absolute atomic E-state index is 0.119. The molecule has 1 unspecified atom stereocenters. The van der Waals surface area contributed by atoms with Gasteiger partial charge in [0.2, 0.25) is 5.91 Å². The third-order valence-electron chi connectivity index (χ3n) is 6.59. The van der Waals surface area contributed by atoms with Crippen LogP contribution in [0.1, 0.15) is 17.9 Å². The second-order valence-electron chi connectivity index (χ2n) is 8.84. The minimum atomic E-state index is -0.475. The molecule has 1 aromatic carbocycles. The van der Waals surface area contributed by atoms with Crippen molar-refractivity contribution in [1.29, 1.82) is 0 Å². The fourth-order valence-electron chi connectivity index (χ4n) is 4.95. The summed E-state index contributed by atoms with van der Waals surface area (Å²) in [6.45, 7) is 1.86. The van der Waals surface area contributed by atoms with Crippen molar-refractivity contribution < 1.29 is 18.7 Å². The number of rotatable bonds is 6. The number of thioether (sulfide) groups is 1. The summed E-state index contributed by atoms with van der Waals surface area (Å²) in [5.41, 5.74) is 1.13. The maximum absolute atomic E-state index is 14.6. The van der Waals surface area contributed by atoms with Crippen molar-refractivity contribution >= 4 is 46.3 Å². The SMILES string of the molecule is O=C1CSc2ccc(N3C[C@@H](CCNCC4Cn5c(=O)ccc6ccc(F)c4c65)OC3=O)nc2N1. The number of benzene rings is 1. The molecule has 0 saturated carbocycles. The lowest BCUT2D eigenvalue weighted by atomic mass is 9.99. The summed E-state index contributed by atoms with van der Waals surface area (Å²) in [5, 5.41) is 6.93. The largest absolute Gasteiger partial charge is 0.444 e. The van der Waals surface area contributed by atoms with Crippen LogP contribution < -0.4 is 21.1 Å². The van der Waals surface area contributed by atoms with Gasteiger partial charge in [-0.3, -0.25) is 14.5 Å². The zero-order valence-corrected chi connectivity index (χ0v) is 19.4. The molecule has 0 spiro atoms. The highest BCUT2D eigenvalue weighted by atomic mass is 32.2. The molecule has 0 radical (unpaired) electrons. The number of halogens is 1. The van der Waals surface area contributed by atoms with Crippen molar-refractivity contribution in [2.24, 2.45) is 0 Å². The Morgan fingerprint density at radius 3 is 2.89 bits per heavy atom. The van der Waals surface area contributed by atoms with Crippen LogP contribution >= 0.6 is 11.8 Å². The van der Waals surface area contributed by atoms with E-state index in [1.54, 1.807) is 22.8 Å². The number of cyclic esters (lactones) is 1. The predicted octanol–water partition coefficient (Wildman–Crippen LogP) is 2.68. The first-order valence-electron chi connectivity index (χ1n) is 11.4. The lowest BCUT2D eigenvalue weighted by Gasteiger charge is -2.18. The second-order valence-corrected chi connectivity index (χ2v) is 9.86. The van der Waals surface area contributed by atoms with Gasteiger partial charge in [0.1, 0.15) is 23.6 Å². The Labute approximate surface area is 203 Å². The van der Waals surface area contributed by atoms with E-state index in [0.29, 0.717) is 61.1 Å². The van der Waals surface area contributed by atoms with Gasteiger partial charge >= 0.3 is 6.09 Å². The summed E-state index contributed by atoms with van der Waals surface area (Å²) in [6.07, 6.45) is -0.219. The van der Waals surface area contributed by atoms with E-state index in [1.165, 1.54) is 28.8 Å². The van der Waals surface area contributed by atoms with Crippen molar-refractivity contribution in [3.8, 4) is 0 Å². The summed E-state index contributed by atoms with van der Waals surface area (Å²) in [6, 6.07) is 10.00. The number of amides is 2. The summed E-state index contributed by atoms with van der Waals surface area (Å²) < 4.78 is 21.8. The molecule has 0 aliphatic carbocycles. The van der Waals surface area contributed by atoms with E-state index in [4.69, 9.17) is 4.74 Å². The third-order valence-corrected chi connectivity index (χ3v) is 7.64. The fourth-order valence-corrected chi connectivity index (χ4v) is 5.70. The molecule has 3 aromatic rings. The number of ether oxygens (including phenoxy) is 1. The van der Waals surface area contributed by atoms with Gasteiger partial charge in [0.05, 0.1) is 22.7 Å². The number of carbonyl (C=O) groups is 2. The van der Waals surface area contributed by atoms with Crippen LogP contribution in [0.5, 0.6) is 0 Å². The molecule has 2 N–H and O–H groups in total. The van der Waals surface area contributed by atoms with Gasteiger partial charge in [0.15, 0.2) is 0 Å². The molecule has 1 saturated heterocycles. The summed E-state index contributed by atoms with van der Waals surface area (Å²) in [5.74, 6) is 0.676. The highest BCUT2D eigenvalue weighted by Crippen LogP contribution is 2.35.